The third kappa shape index (κ3) is 3.61. The number of nitrogens with two attached hydrogens (primary N) is 1. The van der Waals surface area contributed by atoms with Gasteiger partial charge >= 0.3 is 0 Å². The molecule has 0 aliphatic heterocycles. The van der Waals surface area contributed by atoms with Gasteiger partial charge in [-0.25, -0.2) is 0 Å². The smallest absolute Gasteiger partial charge is 0.0452 e. The Morgan fingerprint density at radius 1 is 1.00 bits per heavy atom. The van der Waals surface area contributed by atoms with E-state index in [0.717, 1.165) is 13.0 Å². The highest BCUT2D eigenvalue weighted by molar-refractivity contribution is 5.48. The SMILES string of the molecule is CCN(c1ccc(C)cc1)C(CN)Cc1ccccc1. The van der Waals surface area contributed by atoms with Gasteiger partial charge in [0.2, 0.25) is 0 Å². The lowest BCUT2D eigenvalue weighted by molar-refractivity contribution is 0.605. The van der Waals surface area contributed by atoms with Gasteiger partial charge in [-0.05, 0) is 38.0 Å². The summed E-state index contributed by atoms with van der Waals surface area (Å²) < 4.78 is 0. The lowest BCUT2D eigenvalue weighted by Gasteiger charge is -2.32. The van der Waals surface area contributed by atoms with Gasteiger partial charge in [0.1, 0.15) is 0 Å². The average molecular weight is 268 g/mol. The largest absolute Gasteiger partial charge is 0.367 e. The summed E-state index contributed by atoms with van der Waals surface area (Å²) in [7, 11) is 0. The van der Waals surface area contributed by atoms with Crippen molar-refractivity contribution in [1.82, 2.24) is 0 Å². The molecule has 0 fully saturated rings. The van der Waals surface area contributed by atoms with E-state index in [9.17, 15) is 0 Å². The highest BCUT2D eigenvalue weighted by Crippen LogP contribution is 2.19. The molecule has 2 N–H and O–H groups in total. The van der Waals surface area contributed by atoms with Crippen LogP contribution in [0.2, 0.25) is 0 Å². The Morgan fingerprint density at radius 3 is 2.20 bits per heavy atom. The summed E-state index contributed by atoms with van der Waals surface area (Å²) in [5, 5.41) is 0. The first-order chi connectivity index (χ1) is 9.74. The molecule has 0 saturated heterocycles. The van der Waals surface area contributed by atoms with Gasteiger partial charge < -0.3 is 10.6 Å². The Morgan fingerprint density at radius 2 is 1.65 bits per heavy atom. The van der Waals surface area contributed by atoms with Crippen molar-refractivity contribution >= 4 is 5.69 Å². The van der Waals surface area contributed by atoms with Gasteiger partial charge in [-0.2, -0.15) is 0 Å². The van der Waals surface area contributed by atoms with Crippen LogP contribution in [0.15, 0.2) is 54.6 Å². The molecule has 0 spiro atoms. The number of anilines is 1. The molecule has 2 rings (SSSR count). The standard InChI is InChI=1S/C18H24N2/c1-3-20(17-11-9-15(2)10-12-17)18(14-19)13-16-7-5-4-6-8-16/h4-12,18H,3,13-14,19H2,1-2H3. The molecule has 1 atom stereocenters. The Balaban J connectivity index is 2.17. The summed E-state index contributed by atoms with van der Waals surface area (Å²) in [5.74, 6) is 0. The van der Waals surface area contributed by atoms with Crippen molar-refractivity contribution in [3.05, 3.63) is 65.7 Å². The van der Waals surface area contributed by atoms with Crippen molar-refractivity contribution in [1.29, 1.82) is 0 Å². The molecule has 0 aliphatic rings. The molecule has 2 nitrogen and oxygen atoms in total. The fraction of sp³-hybridized carbons (Fsp3) is 0.333. The number of benzene rings is 2. The second-order valence-corrected chi connectivity index (χ2v) is 5.20. The van der Waals surface area contributed by atoms with Crippen molar-refractivity contribution in [3.63, 3.8) is 0 Å². The van der Waals surface area contributed by atoms with E-state index < -0.39 is 0 Å². The second-order valence-electron chi connectivity index (χ2n) is 5.20. The molecule has 2 aromatic rings. The average Bonchev–Trinajstić information content (AvgIpc) is 2.49. The van der Waals surface area contributed by atoms with Crippen LogP contribution in [-0.4, -0.2) is 19.1 Å². The predicted octanol–water partition coefficient (Wildman–Crippen LogP) is 3.39. The van der Waals surface area contributed by atoms with Crippen LogP contribution in [0, 0.1) is 6.92 Å². The van der Waals surface area contributed by atoms with Crippen LogP contribution in [0.4, 0.5) is 5.69 Å². The third-order valence-electron chi connectivity index (χ3n) is 3.73. The van der Waals surface area contributed by atoms with Crippen LogP contribution in [0.5, 0.6) is 0 Å². The van der Waals surface area contributed by atoms with E-state index in [1.165, 1.54) is 16.8 Å². The van der Waals surface area contributed by atoms with Crippen molar-refractivity contribution < 1.29 is 0 Å². The topological polar surface area (TPSA) is 29.3 Å². The molecular weight excluding hydrogens is 244 g/mol. The van der Waals surface area contributed by atoms with Crippen LogP contribution >= 0.6 is 0 Å². The molecule has 0 saturated carbocycles. The molecule has 2 heteroatoms. The summed E-state index contributed by atoms with van der Waals surface area (Å²) in [6.07, 6.45) is 0.985. The summed E-state index contributed by atoms with van der Waals surface area (Å²) >= 11 is 0. The van der Waals surface area contributed by atoms with Crippen LogP contribution in [0.3, 0.4) is 0 Å². The summed E-state index contributed by atoms with van der Waals surface area (Å²) in [6, 6.07) is 19.6. The van der Waals surface area contributed by atoms with Gasteiger partial charge in [0.15, 0.2) is 0 Å². The lowest BCUT2D eigenvalue weighted by Crippen LogP contribution is -2.42. The van der Waals surface area contributed by atoms with E-state index in [1.54, 1.807) is 0 Å². The van der Waals surface area contributed by atoms with Crippen molar-refractivity contribution in [2.75, 3.05) is 18.0 Å². The molecule has 0 amide bonds. The molecule has 0 aromatic heterocycles. The van der Waals surface area contributed by atoms with Gasteiger partial charge in [-0.15, -0.1) is 0 Å². The molecule has 2 aromatic carbocycles. The molecule has 0 aliphatic carbocycles. The molecule has 0 heterocycles. The van der Waals surface area contributed by atoms with Crippen LogP contribution in [0.25, 0.3) is 0 Å². The Kier molecular flexibility index (Phi) is 5.19. The molecule has 0 radical (unpaired) electrons. The number of rotatable bonds is 6. The van der Waals surface area contributed by atoms with Gasteiger partial charge in [-0.1, -0.05) is 48.0 Å². The van der Waals surface area contributed by atoms with Gasteiger partial charge in [0.25, 0.3) is 0 Å². The van der Waals surface area contributed by atoms with Gasteiger partial charge in [-0.3, -0.25) is 0 Å². The minimum atomic E-state index is 0.338. The first-order valence-electron chi connectivity index (χ1n) is 7.32. The second kappa shape index (κ2) is 7.11. The number of aryl methyl sites for hydroxylation is 1. The molecule has 20 heavy (non-hydrogen) atoms. The normalized spacial score (nSPS) is 12.2. The molecule has 1 unspecified atom stereocenters. The fourth-order valence-electron chi connectivity index (χ4n) is 2.59. The minimum Gasteiger partial charge on any atom is -0.367 e. The zero-order valence-electron chi connectivity index (χ0n) is 12.4. The van der Waals surface area contributed by atoms with Crippen molar-refractivity contribution in [3.8, 4) is 0 Å². The fourth-order valence-corrected chi connectivity index (χ4v) is 2.59. The van der Waals surface area contributed by atoms with E-state index >= 15 is 0 Å². The summed E-state index contributed by atoms with van der Waals surface area (Å²) in [4.78, 5) is 2.40. The van der Waals surface area contributed by atoms with E-state index in [1.807, 2.05) is 0 Å². The van der Waals surface area contributed by atoms with Crippen LogP contribution < -0.4 is 10.6 Å². The zero-order valence-corrected chi connectivity index (χ0v) is 12.4. The summed E-state index contributed by atoms with van der Waals surface area (Å²) in [6.45, 7) is 5.94. The van der Waals surface area contributed by atoms with Crippen molar-refractivity contribution in [2.24, 2.45) is 5.73 Å². The number of hydrogen-bond donors (Lipinski definition) is 1. The molecule has 0 bridgehead atoms. The first-order valence-corrected chi connectivity index (χ1v) is 7.32. The van der Waals surface area contributed by atoms with Crippen LogP contribution in [0.1, 0.15) is 18.1 Å². The minimum absolute atomic E-state index is 0.338. The monoisotopic (exact) mass is 268 g/mol. The predicted molar refractivity (Wildman–Crippen MR) is 87.2 cm³/mol. The molecular formula is C18H24N2. The third-order valence-corrected chi connectivity index (χ3v) is 3.73. The quantitative estimate of drug-likeness (QED) is 0.870. The number of hydrogen-bond acceptors (Lipinski definition) is 2. The highest BCUT2D eigenvalue weighted by atomic mass is 15.2. The van der Waals surface area contributed by atoms with E-state index in [2.05, 4.69) is 73.3 Å². The van der Waals surface area contributed by atoms with Crippen LogP contribution in [-0.2, 0) is 6.42 Å². The van der Waals surface area contributed by atoms with Gasteiger partial charge in [0, 0.05) is 24.8 Å². The Labute approximate surface area is 122 Å². The highest BCUT2D eigenvalue weighted by Gasteiger charge is 2.16. The maximum atomic E-state index is 6.02. The van der Waals surface area contributed by atoms with E-state index in [0.29, 0.717) is 12.6 Å². The Bertz CT molecular complexity index is 505. The maximum Gasteiger partial charge on any atom is 0.0452 e. The molecule has 106 valence electrons. The Hall–Kier alpha value is -1.80. The number of nitrogens with zero attached hydrogens (tertiary/aromatic N) is 1. The zero-order chi connectivity index (χ0) is 14.4. The van der Waals surface area contributed by atoms with Gasteiger partial charge in [0.05, 0.1) is 0 Å². The van der Waals surface area contributed by atoms with E-state index in [4.69, 9.17) is 5.73 Å². The van der Waals surface area contributed by atoms with Crippen molar-refractivity contribution in [2.45, 2.75) is 26.3 Å². The van der Waals surface area contributed by atoms with E-state index in [-0.39, 0.29) is 0 Å². The number of likely N-dealkylation sites (N-methyl/N-ethyl adjacent to an activating group) is 1. The lowest BCUT2D eigenvalue weighted by atomic mass is 10.0. The maximum absolute atomic E-state index is 6.02. The summed E-state index contributed by atoms with van der Waals surface area (Å²) in [5.41, 5.74) is 9.91. The first kappa shape index (κ1) is 14.6.